The Labute approximate surface area is 143 Å². The Balaban J connectivity index is 2.83. The lowest BCUT2D eigenvalue weighted by Crippen LogP contribution is -2.24. The summed E-state index contributed by atoms with van der Waals surface area (Å²) >= 11 is 0. The molecular formula is C19H21N3O2. The van der Waals surface area contributed by atoms with Crippen molar-refractivity contribution in [3.05, 3.63) is 54.2 Å². The van der Waals surface area contributed by atoms with Crippen LogP contribution < -0.4 is 0 Å². The van der Waals surface area contributed by atoms with E-state index in [1.165, 1.54) is 0 Å². The van der Waals surface area contributed by atoms with Crippen LogP contribution in [0.3, 0.4) is 0 Å². The third kappa shape index (κ3) is 5.62. The first-order chi connectivity index (χ1) is 11.2. The second-order valence-corrected chi connectivity index (χ2v) is 6.26. The van der Waals surface area contributed by atoms with Crippen molar-refractivity contribution in [2.45, 2.75) is 26.4 Å². The average Bonchev–Trinajstić information content (AvgIpc) is 2.52. The lowest BCUT2D eigenvalue weighted by atomic mass is 10.0. The second kappa shape index (κ2) is 7.99. The summed E-state index contributed by atoms with van der Waals surface area (Å²) in [6.07, 6.45) is 0. The molecule has 5 nitrogen and oxygen atoms in total. The van der Waals surface area contributed by atoms with Gasteiger partial charge in [0.25, 0.3) is 0 Å². The van der Waals surface area contributed by atoms with E-state index in [0.29, 0.717) is 12.1 Å². The molecule has 0 unspecified atom stereocenters. The SMILES string of the molecule is C=C(CN(CC#N)C(=C)C#N)c1ccc(C(=O)OC(C)(C)C)cc1. The van der Waals surface area contributed by atoms with Gasteiger partial charge in [0.15, 0.2) is 0 Å². The third-order valence-electron chi connectivity index (χ3n) is 3.08. The first-order valence-corrected chi connectivity index (χ1v) is 7.40. The van der Waals surface area contributed by atoms with Crippen LogP contribution in [0.25, 0.3) is 5.57 Å². The molecule has 0 fully saturated rings. The van der Waals surface area contributed by atoms with Gasteiger partial charge in [-0.05, 0) is 44.0 Å². The molecule has 0 spiro atoms. The van der Waals surface area contributed by atoms with Crippen LogP contribution in [-0.4, -0.2) is 29.6 Å². The standard InChI is InChI=1S/C19H21N3O2/c1-14(13-22(11-10-20)15(2)12-21)16-6-8-17(9-7-16)18(23)24-19(3,4)5/h6-9H,1-2,11,13H2,3-5H3. The number of hydrogen-bond acceptors (Lipinski definition) is 5. The highest BCUT2D eigenvalue weighted by atomic mass is 16.6. The van der Waals surface area contributed by atoms with E-state index in [4.69, 9.17) is 15.3 Å². The zero-order valence-electron chi connectivity index (χ0n) is 14.3. The van der Waals surface area contributed by atoms with E-state index in [9.17, 15) is 4.79 Å². The van der Waals surface area contributed by atoms with Gasteiger partial charge in [0.1, 0.15) is 23.9 Å². The average molecular weight is 323 g/mol. The minimum atomic E-state index is -0.547. The quantitative estimate of drug-likeness (QED) is 0.455. The molecule has 124 valence electrons. The summed E-state index contributed by atoms with van der Waals surface area (Å²) in [4.78, 5) is 13.5. The summed E-state index contributed by atoms with van der Waals surface area (Å²) in [6.45, 7) is 13.4. The van der Waals surface area contributed by atoms with Gasteiger partial charge in [-0.1, -0.05) is 25.3 Å². The number of carbonyl (C=O) groups is 1. The van der Waals surface area contributed by atoms with Gasteiger partial charge in [0.05, 0.1) is 11.6 Å². The van der Waals surface area contributed by atoms with E-state index in [1.807, 2.05) is 32.9 Å². The third-order valence-corrected chi connectivity index (χ3v) is 3.08. The van der Waals surface area contributed by atoms with Gasteiger partial charge in [-0.3, -0.25) is 0 Å². The minimum Gasteiger partial charge on any atom is -0.456 e. The normalized spacial score (nSPS) is 10.2. The molecule has 0 saturated carbocycles. The molecule has 0 N–H and O–H groups in total. The Morgan fingerprint density at radius 2 is 1.71 bits per heavy atom. The van der Waals surface area contributed by atoms with E-state index >= 15 is 0 Å². The van der Waals surface area contributed by atoms with Gasteiger partial charge < -0.3 is 9.64 Å². The smallest absolute Gasteiger partial charge is 0.338 e. The predicted octanol–water partition coefficient (Wildman–Crippen LogP) is 3.52. The monoisotopic (exact) mass is 323 g/mol. The number of rotatable bonds is 6. The predicted molar refractivity (Wildman–Crippen MR) is 92.6 cm³/mol. The molecule has 0 atom stereocenters. The van der Waals surface area contributed by atoms with Crippen molar-refractivity contribution in [2.24, 2.45) is 0 Å². The van der Waals surface area contributed by atoms with Crippen molar-refractivity contribution >= 4 is 11.5 Å². The van der Waals surface area contributed by atoms with Crippen molar-refractivity contribution in [3.8, 4) is 12.1 Å². The van der Waals surface area contributed by atoms with Crippen molar-refractivity contribution in [1.29, 1.82) is 10.5 Å². The summed E-state index contributed by atoms with van der Waals surface area (Å²) in [6, 6.07) is 10.8. The Morgan fingerprint density at radius 3 is 2.17 bits per heavy atom. The molecule has 0 radical (unpaired) electrons. The maximum absolute atomic E-state index is 12.0. The molecule has 5 heteroatoms. The molecule has 0 aromatic heterocycles. The minimum absolute atomic E-state index is 0.0569. The van der Waals surface area contributed by atoms with Crippen LogP contribution in [0, 0.1) is 22.7 Å². The van der Waals surface area contributed by atoms with Crippen LogP contribution in [0.1, 0.15) is 36.7 Å². The number of carbonyl (C=O) groups excluding carboxylic acids is 1. The van der Waals surface area contributed by atoms with E-state index in [1.54, 1.807) is 29.2 Å². The molecule has 0 aliphatic heterocycles. The highest BCUT2D eigenvalue weighted by Gasteiger charge is 2.18. The highest BCUT2D eigenvalue weighted by Crippen LogP contribution is 2.18. The maximum atomic E-state index is 12.0. The Morgan fingerprint density at radius 1 is 1.17 bits per heavy atom. The number of allylic oxidation sites excluding steroid dienone is 1. The molecule has 1 aromatic rings. The number of nitriles is 2. The van der Waals surface area contributed by atoms with Crippen molar-refractivity contribution in [1.82, 2.24) is 4.90 Å². The van der Waals surface area contributed by atoms with Crippen LogP contribution in [-0.2, 0) is 4.74 Å². The molecule has 1 rings (SSSR count). The second-order valence-electron chi connectivity index (χ2n) is 6.26. The highest BCUT2D eigenvalue weighted by molar-refractivity contribution is 5.90. The molecule has 0 aliphatic carbocycles. The zero-order chi connectivity index (χ0) is 18.3. The first kappa shape index (κ1) is 19.0. The van der Waals surface area contributed by atoms with E-state index in [0.717, 1.165) is 11.1 Å². The largest absolute Gasteiger partial charge is 0.456 e. The fourth-order valence-electron chi connectivity index (χ4n) is 1.90. The van der Waals surface area contributed by atoms with Crippen LogP contribution in [0.4, 0.5) is 0 Å². The van der Waals surface area contributed by atoms with Crippen molar-refractivity contribution in [2.75, 3.05) is 13.1 Å². The Kier molecular flexibility index (Phi) is 6.32. The number of ether oxygens (including phenoxy) is 1. The topological polar surface area (TPSA) is 77.1 Å². The summed E-state index contributed by atoms with van der Waals surface area (Å²) in [5.74, 6) is -0.386. The summed E-state index contributed by atoms with van der Waals surface area (Å²) in [5.41, 5.74) is 1.66. The van der Waals surface area contributed by atoms with Crippen LogP contribution in [0.15, 0.2) is 43.1 Å². The Bertz CT molecular complexity index is 713. The fourth-order valence-corrected chi connectivity index (χ4v) is 1.90. The molecular weight excluding hydrogens is 302 g/mol. The van der Waals surface area contributed by atoms with Gasteiger partial charge in [-0.2, -0.15) is 10.5 Å². The van der Waals surface area contributed by atoms with Gasteiger partial charge >= 0.3 is 5.97 Å². The molecule has 0 bridgehead atoms. The van der Waals surface area contributed by atoms with Gasteiger partial charge in [-0.15, -0.1) is 0 Å². The van der Waals surface area contributed by atoms with Crippen LogP contribution in [0.2, 0.25) is 0 Å². The summed E-state index contributed by atoms with van der Waals surface area (Å²) in [7, 11) is 0. The molecule has 1 aromatic carbocycles. The van der Waals surface area contributed by atoms with Crippen molar-refractivity contribution in [3.63, 3.8) is 0 Å². The lowest BCUT2D eigenvalue weighted by molar-refractivity contribution is 0.00695. The molecule has 0 aliphatic rings. The van der Waals surface area contributed by atoms with Gasteiger partial charge in [0.2, 0.25) is 0 Å². The zero-order valence-corrected chi connectivity index (χ0v) is 14.3. The first-order valence-electron chi connectivity index (χ1n) is 7.40. The number of esters is 1. The number of hydrogen-bond donors (Lipinski definition) is 0. The molecule has 0 heterocycles. The summed E-state index contributed by atoms with van der Waals surface area (Å²) in [5, 5.41) is 17.8. The van der Waals surface area contributed by atoms with E-state index in [2.05, 4.69) is 13.2 Å². The van der Waals surface area contributed by atoms with Crippen LogP contribution >= 0.6 is 0 Å². The van der Waals surface area contributed by atoms with Crippen molar-refractivity contribution < 1.29 is 9.53 Å². The van der Waals surface area contributed by atoms with E-state index in [-0.39, 0.29) is 18.2 Å². The molecule has 0 saturated heterocycles. The summed E-state index contributed by atoms with van der Waals surface area (Å²) < 4.78 is 5.31. The van der Waals surface area contributed by atoms with Crippen LogP contribution in [0.5, 0.6) is 0 Å². The molecule has 24 heavy (non-hydrogen) atoms. The fraction of sp³-hybridized carbons (Fsp3) is 0.316. The lowest BCUT2D eigenvalue weighted by Gasteiger charge is -2.21. The van der Waals surface area contributed by atoms with Gasteiger partial charge in [0, 0.05) is 6.54 Å². The van der Waals surface area contributed by atoms with Gasteiger partial charge in [-0.25, -0.2) is 4.79 Å². The maximum Gasteiger partial charge on any atom is 0.338 e. The van der Waals surface area contributed by atoms with E-state index < -0.39 is 5.60 Å². The number of benzene rings is 1. The molecule has 0 amide bonds. The number of nitrogens with zero attached hydrogens (tertiary/aromatic N) is 3. The Hall–Kier alpha value is -3.05.